The minimum atomic E-state index is 0.779. The molecular formula is C15H16N2. The van der Waals surface area contributed by atoms with Crippen LogP contribution >= 0.6 is 0 Å². The summed E-state index contributed by atoms with van der Waals surface area (Å²) in [5, 5.41) is 0. The highest BCUT2D eigenvalue weighted by Crippen LogP contribution is 2.21. The van der Waals surface area contributed by atoms with Gasteiger partial charge in [-0.15, -0.1) is 0 Å². The third-order valence-electron chi connectivity index (χ3n) is 2.17. The highest BCUT2D eigenvalue weighted by molar-refractivity contribution is 6.16. The van der Waals surface area contributed by atoms with E-state index in [1.807, 2.05) is 19.1 Å². The topological polar surface area (TPSA) is 24.7 Å². The zero-order valence-electron chi connectivity index (χ0n) is 10.1. The molecule has 0 aromatic rings. The van der Waals surface area contributed by atoms with E-state index in [0.29, 0.717) is 0 Å². The van der Waals surface area contributed by atoms with Gasteiger partial charge in [-0.25, -0.2) is 0 Å². The van der Waals surface area contributed by atoms with Crippen molar-refractivity contribution in [1.82, 2.24) is 0 Å². The van der Waals surface area contributed by atoms with E-state index < -0.39 is 0 Å². The first-order valence-corrected chi connectivity index (χ1v) is 5.29. The van der Waals surface area contributed by atoms with Crippen molar-refractivity contribution in [2.75, 3.05) is 0 Å². The van der Waals surface area contributed by atoms with Gasteiger partial charge in [-0.05, 0) is 24.1 Å². The summed E-state index contributed by atoms with van der Waals surface area (Å²) in [7, 11) is 0. The fourth-order valence-electron chi connectivity index (χ4n) is 1.33. The van der Waals surface area contributed by atoms with Crippen LogP contribution in [0.3, 0.4) is 0 Å². The van der Waals surface area contributed by atoms with Crippen molar-refractivity contribution in [2.45, 2.75) is 6.92 Å². The molecule has 1 aliphatic carbocycles. The summed E-state index contributed by atoms with van der Waals surface area (Å²) < 4.78 is 0. The number of rotatable bonds is 4. The molecule has 86 valence electrons. The van der Waals surface area contributed by atoms with Crippen LogP contribution < -0.4 is 0 Å². The van der Waals surface area contributed by atoms with Crippen molar-refractivity contribution >= 4 is 11.9 Å². The maximum absolute atomic E-state index is 4.35. The second kappa shape index (κ2) is 6.38. The Bertz CT molecular complexity index is 483. The lowest BCUT2D eigenvalue weighted by Crippen LogP contribution is -2.08. The van der Waals surface area contributed by atoms with Crippen molar-refractivity contribution < 1.29 is 0 Å². The lowest BCUT2D eigenvalue weighted by Gasteiger charge is -2.13. The van der Waals surface area contributed by atoms with Crippen LogP contribution in [0.15, 0.2) is 83.1 Å². The number of hydrogen-bond acceptors (Lipinski definition) is 2. The average Bonchev–Trinajstić information content (AvgIpc) is 2.33. The van der Waals surface area contributed by atoms with Gasteiger partial charge in [-0.3, -0.25) is 9.98 Å². The molecule has 0 aliphatic heterocycles. The maximum atomic E-state index is 4.35. The van der Waals surface area contributed by atoms with Gasteiger partial charge >= 0.3 is 0 Å². The lowest BCUT2D eigenvalue weighted by molar-refractivity contribution is 1.31. The predicted molar refractivity (Wildman–Crippen MR) is 76.4 cm³/mol. The van der Waals surface area contributed by atoms with Crippen molar-refractivity contribution in [3.05, 3.63) is 73.2 Å². The van der Waals surface area contributed by atoms with Crippen LogP contribution in [0.2, 0.25) is 0 Å². The molecule has 0 bridgehead atoms. The Morgan fingerprint density at radius 1 is 1.18 bits per heavy atom. The molecule has 0 amide bonds. The number of nitrogens with zero attached hydrogens (tertiary/aromatic N) is 2. The summed E-state index contributed by atoms with van der Waals surface area (Å²) in [5.74, 6) is 0. The van der Waals surface area contributed by atoms with E-state index in [1.54, 1.807) is 30.6 Å². The minimum absolute atomic E-state index is 0.779. The molecule has 0 saturated carbocycles. The molecule has 17 heavy (non-hydrogen) atoms. The van der Waals surface area contributed by atoms with E-state index in [1.165, 1.54) is 0 Å². The van der Waals surface area contributed by atoms with Crippen molar-refractivity contribution in [3.8, 4) is 0 Å². The predicted octanol–water partition coefficient (Wildman–Crippen LogP) is 3.78. The summed E-state index contributed by atoms with van der Waals surface area (Å²) in [6.07, 6.45) is 12.3. The van der Waals surface area contributed by atoms with Crippen molar-refractivity contribution in [1.29, 1.82) is 0 Å². The third-order valence-corrected chi connectivity index (χ3v) is 2.17. The summed E-state index contributed by atoms with van der Waals surface area (Å²) in [6, 6.07) is 0. The molecule has 0 aromatic heterocycles. The molecule has 0 N–H and O–H groups in total. The highest BCUT2D eigenvalue weighted by atomic mass is 14.8. The fraction of sp³-hybridized carbons (Fsp3) is 0.0667. The van der Waals surface area contributed by atoms with Gasteiger partial charge in [0.25, 0.3) is 0 Å². The van der Waals surface area contributed by atoms with Gasteiger partial charge in [0.15, 0.2) is 0 Å². The van der Waals surface area contributed by atoms with Gasteiger partial charge in [0.2, 0.25) is 0 Å². The Balaban J connectivity index is 3.19. The number of allylic oxidation sites excluding steroid dienone is 7. The van der Waals surface area contributed by atoms with Crippen molar-refractivity contribution in [2.24, 2.45) is 9.98 Å². The zero-order chi connectivity index (χ0) is 12.7. The third kappa shape index (κ3) is 3.38. The van der Waals surface area contributed by atoms with Crippen LogP contribution in [0.5, 0.6) is 0 Å². The molecule has 0 aromatic carbocycles. The van der Waals surface area contributed by atoms with Crippen LogP contribution in [0, 0.1) is 0 Å². The van der Waals surface area contributed by atoms with Gasteiger partial charge in [-0.2, -0.15) is 0 Å². The summed E-state index contributed by atoms with van der Waals surface area (Å²) in [6.45, 7) is 13.2. The Morgan fingerprint density at radius 3 is 2.59 bits per heavy atom. The van der Waals surface area contributed by atoms with E-state index in [0.717, 1.165) is 22.6 Å². The Hall–Kier alpha value is -2.22. The van der Waals surface area contributed by atoms with Crippen LogP contribution in [0.4, 0.5) is 0 Å². The quantitative estimate of drug-likeness (QED) is 0.513. The molecule has 2 heteroatoms. The van der Waals surface area contributed by atoms with Crippen LogP contribution in [-0.4, -0.2) is 11.9 Å². The number of hydrogen-bond donors (Lipinski definition) is 0. The molecule has 0 radical (unpaired) electrons. The second-order valence-corrected chi connectivity index (χ2v) is 3.46. The highest BCUT2D eigenvalue weighted by Gasteiger charge is 2.13. The largest absolute Gasteiger partial charge is 0.254 e. The SMILES string of the molecule is C=CC=NC1=C(C)C=CC(=C)C1=N/C=C\C=C. The molecule has 1 aliphatic rings. The van der Waals surface area contributed by atoms with Crippen molar-refractivity contribution in [3.63, 3.8) is 0 Å². The molecule has 0 unspecified atom stereocenters. The summed E-state index contributed by atoms with van der Waals surface area (Å²) >= 11 is 0. The Labute approximate surface area is 102 Å². The van der Waals surface area contributed by atoms with E-state index >= 15 is 0 Å². The van der Waals surface area contributed by atoms with Gasteiger partial charge in [0.05, 0.1) is 11.4 Å². The first kappa shape index (κ1) is 12.8. The minimum Gasteiger partial charge on any atom is -0.254 e. The molecule has 0 saturated heterocycles. The standard InChI is InChI=1S/C15H16N2/c1-5-7-11-17-15-13(4)9-8-12(3)14(15)16-10-6-2/h5-11H,1-2,4H2,3H3/b11-7-,16-10?,17-15?. The van der Waals surface area contributed by atoms with Crippen LogP contribution in [0.25, 0.3) is 0 Å². The molecule has 0 atom stereocenters. The first-order chi connectivity index (χ1) is 8.20. The van der Waals surface area contributed by atoms with E-state index in [-0.39, 0.29) is 0 Å². The van der Waals surface area contributed by atoms with Gasteiger partial charge < -0.3 is 0 Å². The maximum Gasteiger partial charge on any atom is 0.0955 e. The van der Waals surface area contributed by atoms with Gasteiger partial charge in [0.1, 0.15) is 0 Å². The average molecular weight is 224 g/mol. The molecule has 1 rings (SSSR count). The molecule has 0 fully saturated rings. The summed E-state index contributed by atoms with van der Waals surface area (Å²) in [4.78, 5) is 8.67. The molecular weight excluding hydrogens is 208 g/mol. The van der Waals surface area contributed by atoms with Gasteiger partial charge in [-0.1, -0.05) is 44.0 Å². The van der Waals surface area contributed by atoms with E-state index in [4.69, 9.17) is 0 Å². The Kier molecular flexibility index (Phi) is 4.82. The van der Waals surface area contributed by atoms with Crippen LogP contribution in [-0.2, 0) is 0 Å². The van der Waals surface area contributed by atoms with E-state index in [2.05, 4.69) is 29.7 Å². The normalized spacial score (nSPS) is 18.6. The first-order valence-electron chi connectivity index (χ1n) is 5.29. The molecule has 0 heterocycles. The Morgan fingerprint density at radius 2 is 1.94 bits per heavy atom. The summed E-state index contributed by atoms with van der Waals surface area (Å²) in [5.41, 5.74) is 3.51. The van der Waals surface area contributed by atoms with Crippen LogP contribution in [0.1, 0.15) is 6.92 Å². The molecule has 0 spiro atoms. The monoisotopic (exact) mass is 224 g/mol. The zero-order valence-corrected chi connectivity index (χ0v) is 10.1. The fourth-order valence-corrected chi connectivity index (χ4v) is 1.33. The van der Waals surface area contributed by atoms with Gasteiger partial charge in [0, 0.05) is 12.4 Å². The lowest BCUT2D eigenvalue weighted by atomic mass is 9.99. The van der Waals surface area contributed by atoms with E-state index in [9.17, 15) is 0 Å². The smallest absolute Gasteiger partial charge is 0.0955 e. The second-order valence-electron chi connectivity index (χ2n) is 3.46. The molecule has 2 nitrogen and oxygen atoms in total. The number of aliphatic imine (C=N–C) groups is 2.